The molecule has 0 amide bonds. The van der Waals surface area contributed by atoms with Crippen LogP contribution in [-0.4, -0.2) is 38.4 Å². The number of hydrogen-bond acceptors (Lipinski definition) is 5. The Balaban J connectivity index is 1.66. The fourth-order valence-corrected chi connectivity index (χ4v) is 7.51. The highest BCUT2D eigenvalue weighted by Gasteiger charge is 2.73. The second kappa shape index (κ2) is 5.20. The van der Waals surface area contributed by atoms with Gasteiger partial charge in [0.25, 0.3) is 0 Å². The topological polar surface area (TPSA) is 61.8 Å². The molecule has 5 nitrogen and oxygen atoms in total. The minimum Gasteiger partial charge on any atom is -0.464 e. The van der Waals surface area contributed by atoms with Crippen LogP contribution in [0.1, 0.15) is 45.4 Å². The quantitative estimate of drug-likeness (QED) is 0.409. The van der Waals surface area contributed by atoms with Crippen LogP contribution >= 0.6 is 0 Å². The van der Waals surface area contributed by atoms with E-state index >= 15 is 0 Å². The monoisotopic (exact) mass is 360 g/mol. The molecule has 5 fully saturated rings. The summed E-state index contributed by atoms with van der Waals surface area (Å²) < 4.78 is 17.6. The molecule has 5 aliphatic rings. The lowest BCUT2D eigenvalue weighted by Gasteiger charge is -2.60. The fourth-order valence-electron chi connectivity index (χ4n) is 7.51. The molecule has 5 heteroatoms. The molecular formula is C21H28O5. The zero-order valence-corrected chi connectivity index (χ0v) is 15.7. The lowest BCUT2D eigenvalue weighted by Crippen LogP contribution is -2.64. The third kappa shape index (κ3) is 1.74. The minimum absolute atomic E-state index is 0.0133. The number of methoxy groups -OCH3 is 1. The molecule has 26 heavy (non-hydrogen) atoms. The van der Waals surface area contributed by atoms with Gasteiger partial charge in [0.2, 0.25) is 0 Å². The van der Waals surface area contributed by atoms with Gasteiger partial charge in [0.15, 0.2) is 12.1 Å². The molecule has 0 radical (unpaired) electrons. The van der Waals surface area contributed by atoms with E-state index in [1.165, 1.54) is 0 Å². The van der Waals surface area contributed by atoms with Crippen LogP contribution in [0.15, 0.2) is 12.2 Å². The molecule has 0 N–H and O–H groups in total. The standard InChI is InChI=1S/C21H28O5/c1-12-13-5-6-14-20(11-26-18(23)21(14,9-13)16(12)22)8-4-7-19(2)10-25-17(24-3)15(19)20/h13-15,17H,1,4-11H2,2-3H3. The number of cyclic esters (lactones) is 1. The summed E-state index contributed by atoms with van der Waals surface area (Å²) in [6.07, 6.45) is 5.30. The van der Waals surface area contributed by atoms with Gasteiger partial charge in [-0.15, -0.1) is 0 Å². The van der Waals surface area contributed by atoms with E-state index in [2.05, 4.69) is 13.5 Å². The van der Waals surface area contributed by atoms with Gasteiger partial charge < -0.3 is 14.2 Å². The summed E-state index contributed by atoms with van der Waals surface area (Å²) in [5.41, 5.74) is -0.578. The first-order valence-electron chi connectivity index (χ1n) is 9.94. The van der Waals surface area contributed by atoms with Crippen molar-refractivity contribution in [1.29, 1.82) is 0 Å². The van der Waals surface area contributed by atoms with Gasteiger partial charge in [-0.3, -0.25) is 9.59 Å². The van der Waals surface area contributed by atoms with Crippen molar-refractivity contribution in [2.45, 2.75) is 51.7 Å². The van der Waals surface area contributed by atoms with Crippen LogP contribution in [0, 0.1) is 34.0 Å². The fraction of sp³-hybridized carbons (Fsp3) is 0.810. The number of esters is 1. The van der Waals surface area contributed by atoms with E-state index < -0.39 is 5.41 Å². The summed E-state index contributed by atoms with van der Waals surface area (Å²) in [5.74, 6) is -0.0319. The number of fused-ring (bicyclic) bond motifs is 4. The van der Waals surface area contributed by atoms with Gasteiger partial charge in [-0.05, 0) is 54.9 Å². The first kappa shape index (κ1) is 16.9. The second-order valence-corrected chi connectivity index (χ2v) is 9.57. The number of carbonyl (C=O) groups excluding carboxylic acids is 2. The molecule has 2 heterocycles. The molecule has 7 atom stereocenters. The Morgan fingerprint density at radius 2 is 2.00 bits per heavy atom. The molecule has 2 bridgehead atoms. The highest BCUT2D eigenvalue weighted by Crippen LogP contribution is 2.69. The second-order valence-electron chi connectivity index (χ2n) is 9.57. The van der Waals surface area contributed by atoms with E-state index in [0.29, 0.717) is 25.2 Å². The van der Waals surface area contributed by atoms with Gasteiger partial charge in [0, 0.05) is 18.4 Å². The Labute approximate surface area is 154 Å². The predicted octanol–water partition coefficient (Wildman–Crippen LogP) is 2.88. The largest absolute Gasteiger partial charge is 0.464 e. The van der Waals surface area contributed by atoms with E-state index in [1.54, 1.807) is 7.11 Å². The lowest BCUT2D eigenvalue weighted by molar-refractivity contribution is -0.228. The maximum Gasteiger partial charge on any atom is 0.320 e. The molecule has 5 rings (SSSR count). The van der Waals surface area contributed by atoms with Crippen LogP contribution in [0.25, 0.3) is 0 Å². The van der Waals surface area contributed by atoms with Crippen molar-refractivity contribution in [3.63, 3.8) is 0 Å². The molecule has 3 saturated carbocycles. The third-order valence-electron chi connectivity index (χ3n) is 8.53. The first-order chi connectivity index (χ1) is 12.4. The summed E-state index contributed by atoms with van der Waals surface area (Å²) in [4.78, 5) is 26.2. The Hall–Kier alpha value is -1.20. The Kier molecular flexibility index (Phi) is 3.38. The molecule has 142 valence electrons. The Morgan fingerprint density at radius 1 is 1.19 bits per heavy atom. The number of ketones is 1. The molecule has 2 spiro atoms. The van der Waals surface area contributed by atoms with Crippen molar-refractivity contribution in [3.8, 4) is 0 Å². The van der Waals surface area contributed by atoms with Gasteiger partial charge >= 0.3 is 5.97 Å². The van der Waals surface area contributed by atoms with Gasteiger partial charge in [-0.25, -0.2) is 0 Å². The number of allylic oxidation sites excluding steroid dienone is 1. The zero-order chi connectivity index (χ0) is 18.3. The highest BCUT2D eigenvalue weighted by atomic mass is 16.7. The van der Waals surface area contributed by atoms with Crippen LogP contribution in [0.5, 0.6) is 0 Å². The van der Waals surface area contributed by atoms with Crippen LogP contribution in [0.4, 0.5) is 0 Å². The normalized spacial score (nSPS) is 52.8. The number of ether oxygens (including phenoxy) is 3. The average molecular weight is 360 g/mol. The van der Waals surface area contributed by atoms with Crippen LogP contribution in [0.3, 0.4) is 0 Å². The van der Waals surface area contributed by atoms with Crippen molar-refractivity contribution in [2.24, 2.45) is 34.0 Å². The van der Waals surface area contributed by atoms with Crippen LogP contribution in [0.2, 0.25) is 0 Å². The molecular weight excluding hydrogens is 332 g/mol. The summed E-state index contributed by atoms with van der Waals surface area (Å²) >= 11 is 0. The SMILES string of the molecule is C=C1C(=O)C23CC1CCC2C1(CCCC2(C)COC(OC)C21)COC3=O. The van der Waals surface area contributed by atoms with E-state index in [0.717, 1.165) is 32.1 Å². The molecule has 3 aliphatic carbocycles. The third-order valence-corrected chi connectivity index (χ3v) is 8.53. The average Bonchev–Trinajstić information content (AvgIpc) is 3.08. The summed E-state index contributed by atoms with van der Waals surface area (Å²) in [7, 11) is 1.70. The number of hydrogen-bond donors (Lipinski definition) is 0. The molecule has 0 aromatic heterocycles. The van der Waals surface area contributed by atoms with Crippen molar-refractivity contribution in [3.05, 3.63) is 12.2 Å². The van der Waals surface area contributed by atoms with Crippen molar-refractivity contribution >= 4 is 11.8 Å². The maximum absolute atomic E-state index is 13.2. The first-order valence-corrected chi connectivity index (χ1v) is 9.94. The molecule has 2 saturated heterocycles. The highest BCUT2D eigenvalue weighted by molar-refractivity contribution is 6.15. The summed E-state index contributed by atoms with van der Waals surface area (Å²) in [5, 5.41) is 0. The predicted molar refractivity (Wildman–Crippen MR) is 93.0 cm³/mol. The number of carbonyl (C=O) groups is 2. The van der Waals surface area contributed by atoms with Crippen LogP contribution in [-0.2, 0) is 23.8 Å². The number of rotatable bonds is 1. The Bertz CT molecular complexity index is 701. The minimum atomic E-state index is -1.00. The van der Waals surface area contributed by atoms with Crippen molar-refractivity contribution < 1.29 is 23.8 Å². The zero-order valence-electron chi connectivity index (χ0n) is 15.7. The van der Waals surface area contributed by atoms with Gasteiger partial charge in [0.05, 0.1) is 13.2 Å². The van der Waals surface area contributed by atoms with E-state index in [1.807, 2.05) is 0 Å². The van der Waals surface area contributed by atoms with Crippen molar-refractivity contribution in [2.75, 3.05) is 20.3 Å². The van der Waals surface area contributed by atoms with E-state index in [4.69, 9.17) is 14.2 Å². The molecule has 2 aliphatic heterocycles. The molecule has 7 unspecified atom stereocenters. The number of Topliss-reactive ketones (excluding diaryl/α,β-unsaturated/α-hetero) is 1. The van der Waals surface area contributed by atoms with Gasteiger partial charge in [-0.1, -0.05) is 19.9 Å². The molecule has 0 aromatic rings. The van der Waals surface area contributed by atoms with Crippen LogP contribution < -0.4 is 0 Å². The smallest absolute Gasteiger partial charge is 0.320 e. The van der Waals surface area contributed by atoms with E-state index in [-0.39, 0.29) is 46.6 Å². The van der Waals surface area contributed by atoms with Gasteiger partial charge in [-0.2, -0.15) is 0 Å². The summed E-state index contributed by atoms with van der Waals surface area (Å²) in [6, 6.07) is 0. The molecule has 0 aromatic carbocycles. The maximum atomic E-state index is 13.2. The summed E-state index contributed by atoms with van der Waals surface area (Å²) in [6.45, 7) is 7.39. The Morgan fingerprint density at radius 3 is 2.77 bits per heavy atom. The van der Waals surface area contributed by atoms with Crippen molar-refractivity contribution in [1.82, 2.24) is 0 Å². The lowest BCUT2D eigenvalue weighted by atomic mass is 9.45. The van der Waals surface area contributed by atoms with Gasteiger partial charge in [0.1, 0.15) is 5.41 Å². The van der Waals surface area contributed by atoms with E-state index in [9.17, 15) is 9.59 Å².